The Labute approximate surface area is 165 Å². The lowest BCUT2D eigenvalue weighted by Crippen LogP contribution is -2.37. The number of rotatable bonds is 4. The number of primary amides is 1. The summed E-state index contributed by atoms with van der Waals surface area (Å²) in [6.45, 7) is -0.670. The largest absolute Gasteiger partial charge is 0.365 e. The first kappa shape index (κ1) is 18.6. The number of amides is 3. The van der Waals surface area contributed by atoms with E-state index in [1.54, 1.807) is 6.07 Å². The van der Waals surface area contributed by atoms with E-state index in [4.69, 9.17) is 5.73 Å². The Balaban J connectivity index is 1.59. The van der Waals surface area contributed by atoms with Crippen molar-refractivity contribution >= 4 is 44.1 Å². The quantitative estimate of drug-likeness (QED) is 0.777. The van der Waals surface area contributed by atoms with Crippen molar-refractivity contribution in [3.8, 4) is 0 Å². The minimum atomic E-state index is -4.08. The van der Waals surface area contributed by atoms with E-state index >= 15 is 0 Å². The first-order valence-corrected chi connectivity index (χ1v) is 11.0. The van der Waals surface area contributed by atoms with E-state index in [0.29, 0.717) is 15.7 Å². The molecule has 0 fully saturated rings. The van der Waals surface area contributed by atoms with Gasteiger partial charge < -0.3 is 11.1 Å². The number of nitrogens with one attached hydrogen (secondary N) is 1. The summed E-state index contributed by atoms with van der Waals surface area (Å²) in [7, 11) is -4.08. The van der Waals surface area contributed by atoms with Crippen LogP contribution in [0.15, 0.2) is 29.2 Å². The molecule has 2 heterocycles. The Morgan fingerprint density at radius 3 is 2.61 bits per heavy atom. The molecule has 0 atom stereocenters. The number of anilines is 1. The number of fused-ring (bicyclic) bond motifs is 2. The Bertz CT molecular complexity index is 1120. The third kappa shape index (κ3) is 2.89. The number of sulfonamides is 1. The van der Waals surface area contributed by atoms with Gasteiger partial charge in [-0.15, -0.1) is 11.3 Å². The first-order chi connectivity index (χ1) is 13.3. The van der Waals surface area contributed by atoms with E-state index in [1.165, 1.54) is 29.5 Å². The van der Waals surface area contributed by atoms with E-state index < -0.39 is 34.3 Å². The predicted molar refractivity (Wildman–Crippen MR) is 103 cm³/mol. The molecule has 0 unspecified atom stereocenters. The maximum atomic E-state index is 12.6. The van der Waals surface area contributed by atoms with E-state index in [9.17, 15) is 22.8 Å². The summed E-state index contributed by atoms with van der Waals surface area (Å²) >= 11 is 1.28. The van der Waals surface area contributed by atoms with Gasteiger partial charge in [-0.2, -0.15) is 0 Å². The van der Waals surface area contributed by atoms with Crippen molar-refractivity contribution in [2.24, 2.45) is 5.73 Å². The van der Waals surface area contributed by atoms with Gasteiger partial charge in [0.25, 0.3) is 21.8 Å². The number of benzene rings is 1. The molecule has 2 aromatic rings. The van der Waals surface area contributed by atoms with Crippen molar-refractivity contribution in [1.82, 2.24) is 4.31 Å². The number of nitrogens with two attached hydrogens (primary N) is 1. The van der Waals surface area contributed by atoms with Gasteiger partial charge in [0.05, 0.1) is 11.1 Å². The summed E-state index contributed by atoms with van der Waals surface area (Å²) in [5.41, 5.74) is 6.68. The third-order valence-corrected chi connectivity index (χ3v) is 7.86. The van der Waals surface area contributed by atoms with Crippen molar-refractivity contribution in [2.75, 3.05) is 11.9 Å². The summed E-state index contributed by atoms with van der Waals surface area (Å²) in [5, 5.41) is 2.89. The second kappa shape index (κ2) is 6.71. The van der Waals surface area contributed by atoms with Gasteiger partial charge in [0, 0.05) is 4.88 Å². The lowest BCUT2D eigenvalue weighted by Gasteiger charge is -2.14. The average Bonchev–Trinajstić information content (AvgIpc) is 3.11. The van der Waals surface area contributed by atoms with Crippen LogP contribution in [0.4, 0.5) is 5.00 Å². The maximum Gasteiger partial charge on any atom is 0.269 e. The smallest absolute Gasteiger partial charge is 0.269 e. The monoisotopic (exact) mass is 419 g/mol. The molecule has 1 aliphatic heterocycles. The number of hydrogen-bond acceptors (Lipinski definition) is 6. The second-order valence-corrected chi connectivity index (χ2v) is 9.58. The molecule has 146 valence electrons. The normalized spacial score (nSPS) is 17.1. The van der Waals surface area contributed by atoms with Gasteiger partial charge >= 0.3 is 0 Å². The summed E-state index contributed by atoms with van der Waals surface area (Å²) < 4.78 is 25.7. The van der Waals surface area contributed by atoms with Crippen molar-refractivity contribution in [3.63, 3.8) is 0 Å². The van der Waals surface area contributed by atoms with Crippen LogP contribution in [0.1, 0.15) is 44.0 Å². The molecule has 10 heteroatoms. The highest BCUT2D eigenvalue weighted by Gasteiger charge is 2.42. The Kier molecular flexibility index (Phi) is 4.47. The van der Waals surface area contributed by atoms with Gasteiger partial charge in [-0.1, -0.05) is 12.1 Å². The standard InChI is InChI=1S/C18H17N3O5S2/c19-16(23)15-10-5-1-3-7-12(10)27-17(15)20-14(22)9-21-18(24)11-6-2-4-8-13(11)28(21,25)26/h2,4,6,8H,1,3,5,7,9H2,(H2,19,23)(H,20,22). The van der Waals surface area contributed by atoms with Crippen LogP contribution in [-0.2, 0) is 27.7 Å². The molecule has 0 spiro atoms. The van der Waals surface area contributed by atoms with Crippen molar-refractivity contribution < 1.29 is 22.8 Å². The van der Waals surface area contributed by atoms with Crippen LogP contribution in [0.3, 0.4) is 0 Å². The summed E-state index contributed by atoms with van der Waals surface area (Å²) in [6.07, 6.45) is 3.47. The summed E-state index contributed by atoms with van der Waals surface area (Å²) in [5.74, 6) is -2.08. The van der Waals surface area contributed by atoms with Crippen LogP contribution in [0, 0.1) is 0 Å². The Hall–Kier alpha value is -2.72. The summed E-state index contributed by atoms with van der Waals surface area (Å²) in [6, 6.07) is 5.82. The van der Waals surface area contributed by atoms with Crippen LogP contribution >= 0.6 is 11.3 Å². The molecular weight excluding hydrogens is 402 g/mol. The minimum Gasteiger partial charge on any atom is -0.365 e. The molecule has 1 aromatic carbocycles. The molecule has 1 aromatic heterocycles. The molecule has 28 heavy (non-hydrogen) atoms. The summed E-state index contributed by atoms with van der Waals surface area (Å²) in [4.78, 5) is 37.8. The van der Waals surface area contributed by atoms with Gasteiger partial charge in [0.1, 0.15) is 16.4 Å². The van der Waals surface area contributed by atoms with Gasteiger partial charge in [-0.05, 0) is 43.4 Å². The van der Waals surface area contributed by atoms with Crippen molar-refractivity contribution in [1.29, 1.82) is 0 Å². The highest BCUT2D eigenvalue weighted by atomic mass is 32.2. The first-order valence-electron chi connectivity index (χ1n) is 8.71. The number of thiophene rings is 1. The Morgan fingerprint density at radius 2 is 1.89 bits per heavy atom. The molecule has 0 saturated carbocycles. The number of carbonyl (C=O) groups is 3. The zero-order valence-electron chi connectivity index (χ0n) is 14.7. The molecule has 8 nitrogen and oxygen atoms in total. The van der Waals surface area contributed by atoms with E-state index in [-0.39, 0.29) is 16.0 Å². The maximum absolute atomic E-state index is 12.6. The van der Waals surface area contributed by atoms with Gasteiger partial charge in [0.2, 0.25) is 5.91 Å². The van der Waals surface area contributed by atoms with E-state index in [2.05, 4.69) is 5.32 Å². The minimum absolute atomic E-state index is 0.0414. The van der Waals surface area contributed by atoms with Crippen LogP contribution in [-0.4, -0.2) is 37.0 Å². The highest BCUT2D eigenvalue weighted by molar-refractivity contribution is 7.90. The molecule has 0 saturated heterocycles. The van der Waals surface area contributed by atoms with Crippen LogP contribution in [0.25, 0.3) is 0 Å². The SMILES string of the molecule is NC(=O)c1c(NC(=O)CN2C(=O)c3ccccc3S2(=O)=O)sc2c1CCCC2. The topological polar surface area (TPSA) is 127 Å². The molecule has 4 rings (SSSR count). The van der Waals surface area contributed by atoms with Gasteiger partial charge in [0.15, 0.2) is 0 Å². The zero-order valence-corrected chi connectivity index (χ0v) is 16.4. The fourth-order valence-corrected chi connectivity index (χ4v) is 6.43. The zero-order chi connectivity index (χ0) is 20.1. The van der Waals surface area contributed by atoms with Crippen LogP contribution in [0.2, 0.25) is 0 Å². The molecule has 2 aliphatic rings. The van der Waals surface area contributed by atoms with Crippen LogP contribution < -0.4 is 11.1 Å². The van der Waals surface area contributed by atoms with E-state index in [0.717, 1.165) is 29.7 Å². The molecule has 0 bridgehead atoms. The van der Waals surface area contributed by atoms with Crippen LogP contribution in [0.5, 0.6) is 0 Å². The molecule has 3 N–H and O–H groups in total. The molecular formula is C18H17N3O5S2. The number of hydrogen-bond donors (Lipinski definition) is 2. The lowest BCUT2D eigenvalue weighted by molar-refractivity contribution is -0.116. The second-order valence-electron chi connectivity index (χ2n) is 6.64. The Morgan fingerprint density at radius 1 is 1.18 bits per heavy atom. The van der Waals surface area contributed by atoms with Crippen molar-refractivity contribution in [3.05, 3.63) is 45.8 Å². The number of aryl methyl sites for hydroxylation is 1. The average molecular weight is 419 g/mol. The highest BCUT2D eigenvalue weighted by Crippen LogP contribution is 2.38. The van der Waals surface area contributed by atoms with E-state index in [1.807, 2.05) is 0 Å². The van der Waals surface area contributed by atoms with Gasteiger partial charge in [-0.25, -0.2) is 12.7 Å². The lowest BCUT2D eigenvalue weighted by atomic mass is 9.95. The van der Waals surface area contributed by atoms with Gasteiger partial charge in [-0.3, -0.25) is 14.4 Å². The predicted octanol–water partition coefficient (Wildman–Crippen LogP) is 1.51. The molecule has 0 radical (unpaired) electrons. The number of carbonyl (C=O) groups excluding carboxylic acids is 3. The fourth-order valence-electron chi connectivity index (χ4n) is 3.60. The fraction of sp³-hybridized carbons (Fsp3) is 0.278. The number of nitrogens with zero attached hydrogens (tertiary/aromatic N) is 1. The van der Waals surface area contributed by atoms with Crippen molar-refractivity contribution in [2.45, 2.75) is 30.6 Å². The molecule has 3 amide bonds. The molecule has 1 aliphatic carbocycles. The third-order valence-electron chi connectivity index (χ3n) is 4.87.